The summed E-state index contributed by atoms with van der Waals surface area (Å²) in [4.78, 5) is 10.1. The van der Waals surface area contributed by atoms with Gasteiger partial charge in [-0.25, -0.2) is 22.6 Å². The summed E-state index contributed by atoms with van der Waals surface area (Å²) in [7, 11) is 0. The van der Waals surface area contributed by atoms with Crippen molar-refractivity contribution < 1.29 is 23.0 Å². The van der Waals surface area contributed by atoms with Crippen LogP contribution in [0.2, 0.25) is 0 Å². The van der Waals surface area contributed by atoms with E-state index < -0.39 is 36.3 Å². The molecule has 1 saturated heterocycles. The average Bonchev–Trinajstić information content (AvgIpc) is 1.99. The van der Waals surface area contributed by atoms with Crippen LogP contribution in [0, 0.1) is 4.91 Å². The summed E-state index contributed by atoms with van der Waals surface area (Å²) < 4.78 is 79.2. The molecule has 0 atom stereocenters. The molecule has 0 N–H and O–H groups in total. The van der Waals surface area contributed by atoms with Crippen LogP contribution in [0.25, 0.3) is 0 Å². The van der Waals surface area contributed by atoms with E-state index in [1.165, 1.54) is 0 Å². The van der Waals surface area contributed by atoms with Gasteiger partial charge in [-0.05, 0) is 0 Å². The lowest BCUT2D eigenvalue weighted by Crippen LogP contribution is -2.50. The van der Waals surface area contributed by atoms with Crippen LogP contribution in [0.4, 0.5) is 17.6 Å². The third-order valence-electron chi connectivity index (χ3n) is 1.06. The predicted molar refractivity (Wildman–Crippen MR) is 31.9 cm³/mol. The molecule has 0 aromatic carbocycles. The van der Waals surface area contributed by atoms with Gasteiger partial charge < -0.3 is 0 Å². The van der Waals surface area contributed by atoms with Crippen molar-refractivity contribution in [3.8, 4) is 0 Å². The van der Waals surface area contributed by atoms with Crippen LogP contribution >= 0.6 is 0 Å². The Labute approximate surface area is 70.9 Å². The van der Waals surface area contributed by atoms with E-state index in [4.69, 9.17) is 5.48 Å². The first-order valence-electron chi connectivity index (χ1n) is 4.79. The van der Waals surface area contributed by atoms with E-state index in [1.807, 2.05) is 0 Å². The summed E-state index contributed by atoms with van der Waals surface area (Å²) in [5.74, 6) is -9.17. The van der Waals surface area contributed by atoms with Gasteiger partial charge in [0.15, 0.2) is 0 Å². The van der Waals surface area contributed by atoms with E-state index in [0.717, 1.165) is 0 Å². The number of alkyl halides is 4. The predicted octanol–water partition coefficient (Wildman–Crippen LogP) is 1.64. The molecule has 70 valence electrons. The first kappa shape index (κ1) is 4.98. The number of rotatable bonds is 1. The van der Waals surface area contributed by atoms with Crippen LogP contribution in [0.1, 0.15) is 11.9 Å². The third kappa shape index (κ3) is 2.05. The summed E-state index contributed by atoms with van der Waals surface area (Å²) in [5, 5.41) is 0.552. The van der Waals surface area contributed by atoms with E-state index in [0.29, 0.717) is 0 Å². The topological polar surface area (TPSA) is 32.7 Å². The number of halogens is 4. The molecule has 3 nitrogen and oxygen atoms in total. The summed E-state index contributed by atoms with van der Waals surface area (Å²) in [6, 6.07) is 0. The molecule has 0 aromatic heterocycles. The van der Waals surface area contributed by atoms with Crippen LogP contribution in [-0.4, -0.2) is 29.8 Å². The zero-order chi connectivity index (χ0) is 13.0. The molecule has 1 heterocycles. The van der Waals surface area contributed by atoms with Gasteiger partial charge in [-0.3, -0.25) is 0 Å². The Morgan fingerprint density at radius 1 is 1.25 bits per heavy atom. The molecule has 0 bridgehead atoms. The lowest BCUT2D eigenvalue weighted by molar-refractivity contribution is -0.171. The van der Waals surface area contributed by atoms with Crippen molar-refractivity contribution in [2.24, 2.45) is 5.29 Å². The Kier molecular flexibility index (Phi) is 1.06. The number of hydrogen-bond donors (Lipinski definition) is 0. The maximum atomic E-state index is 13.0. The summed E-state index contributed by atoms with van der Waals surface area (Å²) in [6.45, 7) is -7.81. The maximum Gasteiger partial charge on any atom is 0.272 e. The molecule has 12 heavy (non-hydrogen) atoms. The molecule has 1 aliphatic rings. The van der Waals surface area contributed by atoms with Crippen molar-refractivity contribution in [1.29, 1.82) is 0 Å². The van der Waals surface area contributed by atoms with Crippen LogP contribution < -0.4 is 0 Å². The molecule has 0 saturated carbocycles. The van der Waals surface area contributed by atoms with Crippen LogP contribution in [-0.2, 0) is 0 Å². The Hall–Kier alpha value is -0.880. The van der Waals surface area contributed by atoms with Crippen LogP contribution in [0.3, 0.4) is 0 Å². The van der Waals surface area contributed by atoms with Crippen LogP contribution in [0.5, 0.6) is 0 Å². The summed E-state index contributed by atoms with van der Waals surface area (Å²) >= 11 is 0. The molecule has 0 spiro atoms. The largest absolute Gasteiger partial charge is 0.272 e. The second-order valence-corrected chi connectivity index (χ2v) is 2.20. The lowest BCUT2D eigenvalue weighted by atomic mass is 10.1. The highest BCUT2D eigenvalue weighted by Crippen LogP contribution is 2.36. The number of piperidine rings is 1. The quantitative estimate of drug-likeness (QED) is 0.465. The molecule has 0 aromatic rings. The van der Waals surface area contributed by atoms with E-state index in [-0.39, 0.29) is 0 Å². The van der Waals surface area contributed by atoms with Gasteiger partial charge in [0, 0.05) is 0 Å². The minimum absolute atomic E-state index is 1.07. The molecule has 0 unspecified atom stereocenters. The Morgan fingerprint density at radius 2 is 1.67 bits per heavy atom. The van der Waals surface area contributed by atoms with Gasteiger partial charge in [-0.1, -0.05) is 0 Å². The SMILES string of the molecule is [2H]C1([2H])N(N=O)C([2H])([2H])C(F)(F)CC1(F)F. The van der Waals surface area contributed by atoms with Gasteiger partial charge in [0.25, 0.3) is 11.8 Å². The fourth-order valence-electron chi connectivity index (χ4n) is 0.737. The van der Waals surface area contributed by atoms with Gasteiger partial charge >= 0.3 is 0 Å². The fourth-order valence-corrected chi connectivity index (χ4v) is 0.737. The number of nitroso groups, excluding NO2 is 1. The Morgan fingerprint density at radius 3 is 2.00 bits per heavy atom. The van der Waals surface area contributed by atoms with Gasteiger partial charge in [-0.2, -0.15) is 0 Å². The highest BCUT2D eigenvalue weighted by molar-refractivity contribution is 4.87. The first-order valence-corrected chi connectivity index (χ1v) is 2.79. The molecule has 1 fully saturated rings. The molecule has 1 aliphatic heterocycles. The van der Waals surface area contributed by atoms with E-state index >= 15 is 0 Å². The zero-order valence-corrected chi connectivity index (χ0v) is 5.52. The normalized spacial score (nSPS) is 40.2. The third-order valence-corrected chi connectivity index (χ3v) is 1.06. The monoisotopic (exact) mass is 190 g/mol. The molecule has 0 amide bonds. The molecule has 0 radical (unpaired) electrons. The molecule has 7 heteroatoms. The average molecular weight is 190 g/mol. The molecule has 0 aliphatic carbocycles. The van der Waals surface area contributed by atoms with E-state index in [9.17, 15) is 22.5 Å². The lowest BCUT2D eigenvalue weighted by Gasteiger charge is -2.33. The number of nitrogens with zero attached hydrogens (tertiary/aromatic N) is 2. The minimum Gasteiger partial charge on any atom is -0.249 e. The standard InChI is InChI=1S/C5H6F4N2O/c6-4(7)1-5(8,9)3-11(2-4)10-12/h1-3H2/i2D2,3D2. The van der Waals surface area contributed by atoms with E-state index in [1.54, 1.807) is 5.29 Å². The van der Waals surface area contributed by atoms with Gasteiger partial charge in [0.1, 0.15) is 13.0 Å². The minimum atomic E-state index is -4.59. The van der Waals surface area contributed by atoms with Gasteiger partial charge in [0.2, 0.25) is 0 Å². The van der Waals surface area contributed by atoms with Gasteiger partial charge in [-0.15, -0.1) is 4.91 Å². The fraction of sp³-hybridized carbons (Fsp3) is 1.00. The second-order valence-electron chi connectivity index (χ2n) is 2.20. The van der Waals surface area contributed by atoms with Crippen molar-refractivity contribution in [1.82, 2.24) is 5.01 Å². The summed E-state index contributed by atoms with van der Waals surface area (Å²) in [6.07, 6.45) is -2.33. The number of hydrogen-bond acceptors (Lipinski definition) is 2. The van der Waals surface area contributed by atoms with Crippen LogP contribution in [0.15, 0.2) is 5.29 Å². The Balaban J connectivity index is 3.35. The van der Waals surface area contributed by atoms with Crippen molar-refractivity contribution in [3.63, 3.8) is 0 Å². The molecule has 1 rings (SSSR count). The van der Waals surface area contributed by atoms with Crippen molar-refractivity contribution in [3.05, 3.63) is 4.91 Å². The van der Waals surface area contributed by atoms with Crippen molar-refractivity contribution in [2.75, 3.05) is 13.0 Å². The smallest absolute Gasteiger partial charge is 0.249 e. The second kappa shape index (κ2) is 2.56. The highest BCUT2D eigenvalue weighted by Gasteiger charge is 2.50. The van der Waals surface area contributed by atoms with Crippen molar-refractivity contribution in [2.45, 2.75) is 18.3 Å². The van der Waals surface area contributed by atoms with E-state index in [2.05, 4.69) is 0 Å². The molecular formula is C5H6F4N2O. The maximum absolute atomic E-state index is 13.0. The van der Waals surface area contributed by atoms with Gasteiger partial charge in [0.05, 0.1) is 17.2 Å². The first-order chi connectivity index (χ1) is 6.90. The zero-order valence-electron chi connectivity index (χ0n) is 9.52. The summed E-state index contributed by atoms with van der Waals surface area (Å²) in [5.41, 5.74) is 0. The highest BCUT2D eigenvalue weighted by atomic mass is 19.3. The Bertz CT molecular complexity index is 298. The molecular weight excluding hydrogens is 180 g/mol. The van der Waals surface area contributed by atoms with Crippen molar-refractivity contribution >= 4 is 0 Å².